The first-order chi connectivity index (χ1) is 8.65. The van der Waals surface area contributed by atoms with Gasteiger partial charge in [0, 0.05) is 30.3 Å². The first-order valence-electron chi connectivity index (χ1n) is 6.50. The van der Waals surface area contributed by atoms with Gasteiger partial charge < -0.3 is 15.2 Å². The van der Waals surface area contributed by atoms with Gasteiger partial charge >= 0.3 is 0 Å². The third-order valence-corrected chi connectivity index (χ3v) is 4.09. The van der Waals surface area contributed by atoms with E-state index in [0.717, 1.165) is 49.2 Å². The summed E-state index contributed by atoms with van der Waals surface area (Å²) in [7, 11) is 0. The Balaban J connectivity index is 0.00000180. The van der Waals surface area contributed by atoms with E-state index in [-0.39, 0.29) is 18.3 Å². The van der Waals surface area contributed by atoms with Crippen LogP contribution < -0.4 is 5.73 Å². The molecular formula is C13H21BrClN3O. The summed E-state index contributed by atoms with van der Waals surface area (Å²) in [6.45, 7) is 5.25. The standard InChI is InChI=1S/C13H20BrN3O.ClH/c1-2-16-9-11(14)7-12(16)13(18)17-5-3-10(8-15)4-6-17;/h7,9-10H,2-6,8,15H2,1H3;1H. The van der Waals surface area contributed by atoms with E-state index in [2.05, 4.69) is 15.9 Å². The molecule has 2 heterocycles. The fraction of sp³-hybridized carbons (Fsp3) is 0.615. The molecule has 0 saturated carbocycles. The first-order valence-corrected chi connectivity index (χ1v) is 7.30. The SMILES string of the molecule is CCn1cc(Br)cc1C(=O)N1CCC(CN)CC1.Cl. The smallest absolute Gasteiger partial charge is 0.270 e. The lowest BCUT2D eigenvalue weighted by atomic mass is 9.97. The van der Waals surface area contributed by atoms with Crippen LogP contribution in [-0.2, 0) is 6.54 Å². The highest BCUT2D eigenvalue weighted by Crippen LogP contribution is 2.21. The van der Waals surface area contributed by atoms with Crippen molar-refractivity contribution in [3.05, 3.63) is 22.4 Å². The molecule has 1 aromatic rings. The maximum atomic E-state index is 12.4. The zero-order chi connectivity index (χ0) is 13.1. The van der Waals surface area contributed by atoms with Gasteiger partial charge in [-0.25, -0.2) is 0 Å². The predicted octanol–water partition coefficient (Wildman–Crippen LogP) is 2.50. The molecule has 1 saturated heterocycles. The van der Waals surface area contributed by atoms with Crippen LogP contribution in [0.4, 0.5) is 0 Å². The predicted molar refractivity (Wildman–Crippen MR) is 82.7 cm³/mol. The van der Waals surface area contributed by atoms with Crippen molar-refractivity contribution >= 4 is 34.2 Å². The van der Waals surface area contributed by atoms with Crippen molar-refractivity contribution in [3.8, 4) is 0 Å². The number of carbonyl (C=O) groups excluding carboxylic acids is 1. The zero-order valence-corrected chi connectivity index (χ0v) is 13.5. The minimum atomic E-state index is 0. The Morgan fingerprint density at radius 2 is 2.11 bits per heavy atom. The van der Waals surface area contributed by atoms with Gasteiger partial charge in [0.1, 0.15) is 5.69 Å². The molecule has 1 fully saturated rings. The number of nitrogens with zero attached hydrogens (tertiary/aromatic N) is 2. The molecule has 1 amide bonds. The molecule has 2 N–H and O–H groups in total. The summed E-state index contributed by atoms with van der Waals surface area (Å²) in [5.74, 6) is 0.719. The third kappa shape index (κ3) is 3.74. The van der Waals surface area contributed by atoms with Crippen molar-refractivity contribution in [2.75, 3.05) is 19.6 Å². The van der Waals surface area contributed by atoms with Crippen molar-refractivity contribution in [3.63, 3.8) is 0 Å². The highest BCUT2D eigenvalue weighted by atomic mass is 79.9. The average molecular weight is 351 g/mol. The van der Waals surface area contributed by atoms with E-state index in [4.69, 9.17) is 5.73 Å². The second-order valence-corrected chi connectivity index (χ2v) is 5.72. The molecule has 108 valence electrons. The van der Waals surface area contributed by atoms with Gasteiger partial charge in [-0.1, -0.05) is 0 Å². The Hall–Kier alpha value is -0.520. The van der Waals surface area contributed by atoms with Crippen LogP contribution in [0, 0.1) is 5.92 Å². The molecule has 0 aliphatic carbocycles. The molecule has 1 aliphatic rings. The summed E-state index contributed by atoms with van der Waals surface area (Å²) in [5, 5.41) is 0. The van der Waals surface area contributed by atoms with Gasteiger partial charge in [0.2, 0.25) is 0 Å². The summed E-state index contributed by atoms with van der Waals surface area (Å²) in [4.78, 5) is 14.4. The van der Waals surface area contributed by atoms with Crippen LogP contribution in [-0.4, -0.2) is 35.0 Å². The summed E-state index contributed by atoms with van der Waals surface area (Å²) < 4.78 is 2.95. The molecule has 4 nitrogen and oxygen atoms in total. The Labute approximate surface area is 128 Å². The number of carbonyl (C=O) groups is 1. The minimum Gasteiger partial charge on any atom is -0.343 e. The van der Waals surface area contributed by atoms with Gasteiger partial charge in [0.25, 0.3) is 5.91 Å². The molecule has 1 aromatic heterocycles. The van der Waals surface area contributed by atoms with Crippen LogP contribution in [0.2, 0.25) is 0 Å². The van der Waals surface area contributed by atoms with Crippen molar-refractivity contribution in [2.45, 2.75) is 26.3 Å². The Bertz CT molecular complexity index is 428. The summed E-state index contributed by atoms with van der Waals surface area (Å²) in [6, 6.07) is 1.90. The highest BCUT2D eigenvalue weighted by molar-refractivity contribution is 9.10. The highest BCUT2D eigenvalue weighted by Gasteiger charge is 2.24. The molecule has 19 heavy (non-hydrogen) atoms. The van der Waals surface area contributed by atoms with E-state index in [1.165, 1.54) is 0 Å². The molecule has 0 atom stereocenters. The van der Waals surface area contributed by atoms with Crippen LogP contribution in [0.1, 0.15) is 30.3 Å². The molecule has 2 rings (SSSR count). The van der Waals surface area contributed by atoms with E-state index in [0.29, 0.717) is 5.92 Å². The second kappa shape index (κ2) is 7.31. The number of amides is 1. The zero-order valence-electron chi connectivity index (χ0n) is 11.1. The monoisotopic (exact) mass is 349 g/mol. The lowest BCUT2D eigenvalue weighted by Gasteiger charge is -2.31. The number of likely N-dealkylation sites (tertiary alicyclic amines) is 1. The topological polar surface area (TPSA) is 51.3 Å². The fourth-order valence-electron chi connectivity index (χ4n) is 2.45. The largest absolute Gasteiger partial charge is 0.343 e. The molecule has 0 spiro atoms. The molecule has 0 bridgehead atoms. The van der Waals surface area contributed by atoms with E-state index >= 15 is 0 Å². The van der Waals surface area contributed by atoms with Gasteiger partial charge in [0.05, 0.1) is 0 Å². The van der Waals surface area contributed by atoms with E-state index in [1.807, 2.05) is 28.7 Å². The number of nitrogens with two attached hydrogens (primary N) is 1. The van der Waals surface area contributed by atoms with Crippen LogP contribution in [0.25, 0.3) is 0 Å². The van der Waals surface area contributed by atoms with E-state index in [9.17, 15) is 4.79 Å². The number of halogens is 2. The summed E-state index contributed by atoms with van der Waals surface area (Å²) >= 11 is 3.43. The molecule has 6 heteroatoms. The van der Waals surface area contributed by atoms with Crippen molar-refractivity contribution in [1.82, 2.24) is 9.47 Å². The van der Waals surface area contributed by atoms with Gasteiger partial charge in [-0.3, -0.25) is 4.79 Å². The molecule has 0 radical (unpaired) electrons. The van der Waals surface area contributed by atoms with Gasteiger partial charge in [-0.2, -0.15) is 0 Å². The molecule has 0 aromatic carbocycles. The molecule has 1 aliphatic heterocycles. The van der Waals surface area contributed by atoms with Crippen molar-refractivity contribution in [1.29, 1.82) is 0 Å². The molecule has 0 unspecified atom stereocenters. The Morgan fingerprint density at radius 3 is 2.63 bits per heavy atom. The number of piperidine rings is 1. The maximum Gasteiger partial charge on any atom is 0.270 e. The van der Waals surface area contributed by atoms with E-state index in [1.54, 1.807) is 0 Å². The number of aryl methyl sites for hydroxylation is 1. The quantitative estimate of drug-likeness (QED) is 0.910. The first kappa shape index (κ1) is 16.5. The van der Waals surface area contributed by atoms with Crippen LogP contribution in [0.5, 0.6) is 0 Å². The Morgan fingerprint density at radius 1 is 1.47 bits per heavy atom. The van der Waals surface area contributed by atoms with Gasteiger partial charge in [0.15, 0.2) is 0 Å². The number of aromatic nitrogens is 1. The normalized spacial score (nSPS) is 16.3. The summed E-state index contributed by atoms with van der Waals surface area (Å²) in [5.41, 5.74) is 6.44. The van der Waals surface area contributed by atoms with Crippen LogP contribution >= 0.6 is 28.3 Å². The molecular weight excluding hydrogens is 330 g/mol. The Kier molecular flexibility index (Phi) is 6.36. The number of hydrogen-bond donors (Lipinski definition) is 1. The fourth-order valence-corrected chi connectivity index (χ4v) is 2.91. The second-order valence-electron chi connectivity index (χ2n) is 4.80. The summed E-state index contributed by atoms with van der Waals surface area (Å²) in [6.07, 6.45) is 4.01. The van der Waals surface area contributed by atoms with Crippen LogP contribution in [0.15, 0.2) is 16.7 Å². The van der Waals surface area contributed by atoms with Crippen LogP contribution in [0.3, 0.4) is 0 Å². The van der Waals surface area contributed by atoms with Gasteiger partial charge in [-0.05, 0) is 54.2 Å². The van der Waals surface area contributed by atoms with E-state index < -0.39 is 0 Å². The van der Waals surface area contributed by atoms with Crippen molar-refractivity contribution < 1.29 is 4.79 Å². The lowest BCUT2D eigenvalue weighted by Crippen LogP contribution is -2.40. The minimum absolute atomic E-state index is 0. The maximum absolute atomic E-state index is 12.4. The third-order valence-electron chi connectivity index (χ3n) is 3.66. The van der Waals surface area contributed by atoms with Crippen molar-refractivity contribution in [2.24, 2.45) is 11.7 Å². The number of rotatable bonds is 3. The average Bonchev–Trinajstić information content (AvgIpc) is 2.79. The number of hydrogen-bond acceptors (Lipinski definition) is 2. The lowest BCUT2D eigenvalue weighted by molar-refractivity contribution is 0.0682. The van der Waals surface area contributed by atoms with Gasteiger partial charge in [-0.15, -0.1) is 12.4 Å².